The van der Waals surface area contributed by atoms with Gasteiger partial charge in [-0.3, -0.25) is 4.79 Å². The van der Waals surface area contributed by atoms with Crippen molar-refractivity contribution in [2.24, 2.45) is 0 Å². The van der Waals surface area contributed by atoms with E-state index in [1.165, 1.54) is 32.1 Å². The van der Waals surface area contributed by atoms with Gasteiger partial charge in [0.1, 0.15) is 0 Å². The first kappa shape index (κ1) is 16.0. The summed E-state index contributed by atoms with van der Waals surface area (Å²) >= 11 is 0. The third kappa shape index (κ3) is 9.89. The van der Waals surface area contributed by atoms with Crippen molar-refractivity contribution >= 4 is 5.91 Å². The fraction of sp³-hybridized carbons (Fsp3) is 0.786. The zero-order valence-electron chi connectivity index (χ0n) is 11.2. The highest BCUT2D eigenvalue weighted by atomic mass is 16.2. The minimum atomic E-state index is -0.154. The van der Waals surface area contributed by atoms with Crippen LogP contribution in [0.1, 0.15) is 52.4 Å². The second kappa shape index (κ2) is 11.5. The Bertz CT molecular complexity index is 233. The maximum Gasteiger partial charge on any atom is 0.237 e. The molecule has 1 unspecified atom stereocenters. The molecule has 17 heavy (non-hydrogen) atoms. The molecule has 0 aliphatic rings. The summed E-state index contributed by atoms with van der Waals surface area (Å²) in [5.41, 5.74) is 0. The molecule has 0 aliphatic heterocycles. The molecular formula is C14H26N2O. The molecule has 98 valence electrons. The van der Waals surface area contributed by atoms with Gasteiger partial charge >= 0.3 is 0 Å². The predicted octanol–water partition coefficient (Wildman–Crippen LogP) is 2.07. The van der Waals surface area contributed by atoms with Gasteiger partial charge in [0, 0.05) is 0 Å². The molecule has 0 bridgehead atoms. The van der Waals surface area contributed by atoms with Gasteiger partial charge < -0.3 is 10.6 Å². The Morgan fingerprint density at radius 1 is 1.24 bits per heavy atom. The number of carbonyl (C=O) groups excluding carboxylic acids is 1. The van der Waals surface area contributed by atoms with Crippen LogP contribution in [0.5, 0.6) is 0 Å². The van der Waals surface area contributed by atoms with Gasteiger partial charge in [0.15, 0.2) is 0 Å². The van der Waals surface area contributed by atoms with Crippen LogP contribution in [0.15, 0.2) is 0 Å². The number of unbranched alkanes of at least 4 members (excludes halogenated alkanes) is 5. The van der Waals surface area contributed by atoms with Crippen molar-refractivity contribution in [3.8, 4) is 12.3 Å². The van der Waals surface area contributed by atoms with Crippen LogP contribution < -0.4 is 10.6 Å². The summed E-state index contributed by atoms with van der Waals surface area (Å²) in [5.74, 6) is 2.37. The molecule has 0 saturated carbocycles. The lowest BCUT2D eigenvalue weighted by Gasteiger charge is -2.12. The minimum absolute atomic E-state index is 0.0195. The summed E-state index contributed by atoms with van der Waals surface area (Å²) in [6.45, 7) is 5.29. The van der Waals surface area contributed by atoms with Gasteiger partial charge in [-0.1, -0.05) is 44.9 Å². The molecule has 2 N–H and O–H groups in total. The van der Waals surface area contributed by atoms with Gasteiger partial charge in [0.2, 0.25) is 5.91 Å². The molecule has 0 aromatic heterocycles. The largest absolute Gasteiger partial charge is 0.344 e. The number of hydrogen-bond acceptors (Lipinski definition) is 2. The zero-order valence-corrected chi connectivity index (χ0v) is 11.2. The van der Waals surface area contributed by atoms with E-state index < -0.39 is 0 Å². The second-order valence-electron chi connectivity index (χ2n) is 4.37. The van der Waals surface area contributed by atoms with Crippen molar-refractivity contribution in [2.45, 2.75) is 58.4 Å². The lowest BCUT2D eigenvalue weighted by Crippen LogP contribution is -2.42. The number of terminal acetylenes is 1. The predicted molar refractivity (Wildman–Crippen MR) is 72.7 cm³/mol. The van der Waals surface area contributed by atoms with E-state index >= 15 is 0 Å². The fourth-order valence-electron chi connectivity index (χ4n) is 1.61. The fourth-order valence-corrected chi connectivity index (χ4v) is 1.61. The average molecular weight is 238 g/mol. The topological polar surface area (TPSA) is 41.1 Å². The van der Waals surface area contributed by atoms with Gasteiger partial charge in [-0.2, -0.15) is 0 Å². The smallest absolute Gasteiger partial charge is 0.237 e. The Morgan fingerprint density at radius 3 is 2.53 bits per heavy atom. The number of carbonyl (C=O) groups is 1. The summed E-state index contributed by atoms with van der Waals surface area (Å²) in [7, 11) is 0. The summed E-state index contributed by atoms with van der Waals surface area (Å²) in [4.78, 5) is 11.4. The maximum absolute atomic E-state index is 11.4. The van der Waals surface area contributed by atoms with E-state index in [4.69, 9.17) is 6.42 Å². The Labute approximate surface area is 106 Å². The molecule has 0 aromatic rings. The van der Waals surface area contributed by atoms with E-state index in [-0.39, 0.29) is 11.9 Å². The van der Waals surface area contributed by atoms with E-state index in [0.717, 1.165) is 13.0 Å². The first-order chi connectivity index (χ1) is 8.22. The van der Waals surface area contributed by atoms with Crippen LogP contribution in [0, 0.1) is 12.3 Å². The van der Waals surface area contributed by atoms with Gasteiger partial charge in [0.25, 0.3) is 0 Å². The SMILES string of the molecule is C#CCNC(=O)C(C)NCCCCCCCC. The third-order valence-electron chi connectivity index (χ3n) is 2.74. The van der Waals surface area contributed by atoms with E-state index in [9.17, 15) is 4.79 Å². The van der Waals surface area contributed by atoms with Crippen LogP contribution in [0.2, 0.25) is 0 Å². The second-order valence-corrected chi connectivity index (χ2v) is 4.37. The van der Waals surface area contributed by atoms with E-state index in [1.807, 2.05) is 6.92 Å². The highest BCUT2D eigenvalue weighted by molar-refractivity contribution is 5.81. The van der Waals surface area contributed by atoms with Crippen LogP contribution in [0.3, 0.4) is 0 Å². The molecule has 1 amide bonds. The highest BCUT2D eigenvalue weighted by Crippen LogP contribution is 2.04. The maximum atomic E-state index is 11.4. The number of hydrogen-bond donors (Lipinski definition) is 2. The van der Waals surface area contributed by atoms with E-state index in [0.29, 0.717) is 6.54 Å². The van der Waals surface area contributed by atoms with Gasteiger partial charge in [0.05, 0.1) is 12.6 Å². The van der Waals surface area contributed by atoms with Gasteiger partial charge in [-0.15, -0.1) is 6.42 Å². The molecule has 0 fully saturated rings. The van der Waals surface area contributed by atoms with Crippen LogP contribution >= 0.6 is 0 Å². The Hall–Kier alpha value is -1.01. The summed E-state index contributed by atoms with van der Waals surface area (Å²) in [5, 5.41) is 5.86. The summed E-state index contributed by atoms with van der Waals surface area (Å²) < 4.78 is 0. The van der Waals surface area contributed by atoms with Crippen LogP contribution in [-0.2, 0) is 4.79 Å². The molecule has 0 saturated heterocycles. The van der Waals surface area contributed by atoms with Gasteiger partial charge in [-0.25, -0.2) is 0 Å². The average Bonchev–Trinajstić information content (AvgIpc) is 2.34. The molecular weight excluding hydrogens is 212 g/mol. The van der Waals surface area contributed by atoms with Gasteiger partial charge in [-0.05, 0) is 19.9 Å². The third-order valence-corrected chi connectivity index (χ3v) is 2.74. The van der Waals surface area contributed by atoms with Crippen molar-refractivity contribution in [2.75, 3.05) is 13.1 Å². The molecule has 1 atom stereocenters. The van der Waals surface area contributed by atoms with Crippen molar-refractivity contribution in [1.29, 1.82) is 0 Å². The monoisotopic (exact) mass is 238 g/mol. The first-order valence-corrected chi connectivity index (χ1v) is 6.67. The van der Waals surface area contributed by atoms with Crippen molar-refractivity contribution in [3.05, 3.63) is 0 Å². The van der Waals surface area contributed by atoms with Crippen molar-refractivity contribution in [3.63, 3.8) is 0 Å². The van der Waals surface area contributed by atoms with Crippen LogP contribution in [-0.4, -0.2) is 25.0 Å². The lowest BCUT2D eigenvalue weighted by molar-refractivity contribution is -0.122. The Kier molecular flexibility index (Phi) is 10.8. The lowest BCUT2D eigenvalue weighted by atomic mass is 10.1. The molecule has 3 nitrogen and oxygen atoms in total. The summed E-state index contributed by atoms with van der Waals surface area (Å²) in [6.07, 6.45) is 12.7. The minimum Gasteiger partial charge on any atom is -0.344 e. The normalized spacial score (nSPS) is 11.8. The van der Waals surface area contributed by atoms with Crippen LogP contribution in [0.4, 0.5) is 0 Å². The summed E-state index contributed by atoms with van der Waals surface area (Å²) in [6, 6.07) is -0.154. The highest BCUT2D eigenvalue weighted by Gasteiger charge is 2.09. The Morgan fingerprint density at radius 2 is 1.88 bits per heavy atom. The molecule has 0 spiro atoms. The Balaban J connectivity index is 3.35. The molecule has 0 radical (unpaired) electrons. The first-order valence-electron chi connectivity index (χ1n) is 6.67. The standard InChI is InChI=1S/C14H26N2O/c1-4-6-7-8-9-10-12-15-13(3)14(17)16-11-5-2/h2,13,15H,4,6-12H2,1,3H3,(H,16,17). The molecule has 0 rings (SSSR count). The molecule has 0 aliphatic carbocycles. The number of amides is 1. The number of nitrogens with one attached hydrogen (secondary N) is 2. The molecule has 0 heterocycles. The molecule has 0 aromatic carbocycles. The van der Waals surface area contributed by atoms with Crippen molar-refractivity contribution < 1.29 is 4.79 Å². The van der Waals surface area contributed by atoms with Crippen LogP contribution in [0.25, 0.3) is 0 Å². The quantitative estimate of drug-likeness (QED) is 0.452. The number of rotatable bonds is 10. The van der Waals surface area contributed by atoms with Crippen molar-refractivity contribution in [1.82, 2.24) is 10.6 Å². The molecule has 3 heteroatoms. The van der Waals surface area contributed by atoms with E-state index in [2.05, 4.69) is 23.5 Å². The zero-order chi connectivity index (χ0) is 12.9. The van der Waals surface area contributed by atoms with E-state index in [1.54, 1.807) is 0 Å².